The number of hydrogen-bond donors (Lipinski definition) is 0. The Morgan fingerprint density at radius 3 is 2.52 bits per heavy atom. The fourth-order valence-corrected chi connectivity index (χ4v) is 4.58. The number of likely N-dealkylation sites (tertiary alicyclic amines) is 1. The number of fused-ring (bicyclic) bond motifs is 1. The van der Waals surface area contributed by atoms with E-state index in [9.17, 15) is 4.79 Å². The van der Waals surface area contributed by atoms with Gasteiger partial charge in [0.05, 0.1) is 21.3 Å². The van der Waals surface area contributed by atoms with Crippen LogP contribution in [-0.2, 0) is 21.4 Å². The van der Waals surface area contributed by atoms with Gasteiger partial charge in [-0.25, -0.2) is 0 Å². The zero-order valence-corrected chi connectivity index (χ0v) is 15.1. The lowest BCUT2D eigenvalue weighted by Gasteiger charge is -2.52. The molecule has 4 rings (SSSR count). The minimum Gasteiger partial charge on any atom is -0.493 e. The van der Waals surface area contributed by atoms with Crippen molar-refractivity contribution in [3.05, 3.63) is 46.7 Å². The minimum atomic E-state index is -0.302. The predicted molar refractivity (Wildman–Crippen MR) is 94.1 cm³/mol. The van der Waals surface area contributed by atoms with Crippen LogP contribution in [-0.4, -0.2) is 51.6 Å². The number of piperidine rings is 1. The second-order valence-electron chi connectivity index (χ2n) is 6.96. The van der Waals surface area contributed by atoms with E-state index in [0.29, 0.717) is 5.76 Å². The summed E-state index contributed by atoms with van der Waals surface area (Å²) in [5, 5.41) is 0. The van der Waals surface area contributed by atoms with Crippen LogP contribution in [0.2, 0.25) is 0 Å². The van der Waals surface area contributed by atoms with Gasteiger partial charge >= 0.3 is 0 Å². The lowest BCUT2D eigenvalue weighted by atomic mass is 9.59. The van der Waals surface area contributed by atoms with Crippen molar-refractivity contribution in [1.82, 2.24) is 4.90 Å². The van der Waals surface area contributed by atoms with Crippen molar-refractivity contribution in [1.29, 1.82) is 0 Å². The fourth-order valence-electron chi connectivity index (χ4n) is 4.58. The number of hydrogen-bond acceptors (Lipinski definition) is 5. The van der Waals surface area contributed by atoms with Gasteiger partial charge in [-0.2, -0.15) is 0 Å². The van der Waals surface area contributed by atoms with Crippen molar-refractivity contribution >= 4 is 5.78 Å². The van der Waals surface area contributed by atoms with E-state index >= 15 is 0 Å². The van der Waals surface area contributed by atoms with E-state index in [2.05, 4.69) is 24.1 Å². The van der Waals surface area contributed by atoms with Gasteiger partial charge in [0, 0.05) is 11.5 Å². The second kappa shape index (κ2) is 5.63. The zero-order chi connectivity index (χ0) is 17.8. The lowest BCUT2D eigenvalue weighted by molar-refractivity contribution is -0.114. The minimum absolute atomic E-state index is 0.0441. The summed E-state index contributed by atoms with van der Waals surface area (Å²) < 4.78 is 16.4. The number of methoxy groups -OCH3 is 3. The Morgan fingerprint density at radius 2 is 1.84 bits per heavy atom. The molecule has 0 unspecified atom stereocenters. The van der Waals surface area contributed by atoms with Gasteiger partial charge in [0.1, 0.15) is 0 Å². The molecule has 5 nitrogen and oxygen atoms in total. The molecule has 1 aromatic carbocycles. The molecule has 0 saturated carbocycles. The van der Waals surface area contributed by atoms with Crippen LogP contribution in [0.25, 0.3) is 0 Å². The Kier molecular flexibility index (Phi) is 3.65. The number of carbonyl (C=O) groups is 1. The predicted octanol–water partition coefficient (Wildman–Crippen LogP) is 2.24. The zero-order valence-electron chi connectivity index (χ0n) is 15.1. The van der Waals surface area contributed by atoms with Gasteiger partial charge in [-0.3, -0.25) is 9.69 Å². The Morgan fingerprint density at radius 1 is 1.12 bits per heavy atom. The fraction of sp³-hybridized carbons (Fsp3) is 0.450. The standard InChI is InChI=1S/C20H23NO4/c1-21-6-5-20-11-19(25-4)16(22)9-14(20)15(21)7-12-8-17(23-2)18(24-3)10-13(12)20/h8-11,15H,5-7H2,1-4H3/t15-,20+/m0/s1. The molecule has 132 valence electrons. The number of rotatable bonds is 3. The highest BCUT2D eigenvalue weighted by atomic mass is 16.5. The summed E-state index contributed by atoms with van der Waals surface area (Å²) in [5.74, 6) is 1.84. The average molecular weight is 341 g/mol. The Hall–Kier alpha value is -2.27. The van der Waals surface area contributed by atoms with Crippen molar-refractivity contribution in [2.24, 2.45) is 0 Å². The number of ether oxygens (including phenoxy) is 3. The molecule has 1 fully saturated rings. The molecule has 2 aliphatic carbocycles. The Balaban J connectivity index is 1.99. The molecule has 5 heteroatoms. The smallest absolute Gasteiger partial charge is 0.220 e. The highest BCUT2D eigenvalue weighted by Gasteiger charge is 2.50. The molecule has 1 aromatic rings. The summed E-state index contributed by atoms with van der Waals surface area (Å²) in [6, 6.07) is 4.37. The maximum absolute atomic E-state index is 12.4. The molecule has 2 bridgehead atoms. The first-order valence-corrected chi connectivity index (χ1v) is 8.53. The van der Waals surface area contributed by atoms with Crippen molar-refractivity contribution in [3.63, 3.8) is 0 Å². The average Bonchev–Trinajstić information content (AvgIpc) is 2.63. The summed E-state index contributed by atoms with van der Waals surface area (Å²) >= 11 is 0. The molecular weight excluding hydrogens is 318 g/mol. The second-order valence-corrected chi connectivity index (χ2v) is 6.96. The Labute approximate surface area is 147 Å². The lowest BCUT2D eigenvalue weighted by Crippen LogP contribution is -2.54. The van der Waals surface area contributed by atoms with Gasteiger partial charge in [-0.15, -0.1) is 0 Å². The van der Waals surface area contributed by atoms with Crippen LogP contribution < -0.4 is 9.47 Å². The number of allylic oxidation sites excluding steroid dienone is 2. The van der Waals surface area contributed by atoms with Crippen LogP contribution in [0.4, 0.5) is 0 Å². The molecule has 0 N–H and O–H groups in total. The molecule has 2 atom stereocenters. The topological polar surface area (TPSA) is 48.0 Å². The number of carbonyl (C=O) groups excluding carboxylic acids is 1. The molecule has 1 aliphatic heterocycles. The first kappa shape index (κ1) is 16.2. The van der Waals surface area contributed by atoms with Gasteiger partial charge in [0.2, 0.25) is 5.78 Å². The molecule has 0 aromatic heterocycles. The molecule has 1 heterocycles. The van der Waals surface area contributed by atoms with E-state index in [4.69, 9.17) is 14.2 Å². The third kappa shape index (κ3) is 2.15. The van der Waals surface area contributed by atoms with Crippen LogP contribution >= 0.6 is 0 Å². The van der Waals surface area contributed by atoms with Crippen molar-refractivity contribution in [3.8, 4) is 11.5 Å². The molecule has 0 amide bonds. The largest absolute Gasteiger partial charge is 0.493 e. The summed E-state index contributed by atoms with van der Waals surface area (Å²) in [4.78, 5) is 14.8. The number of ketones is 1. The van der Waals surface area contributed by atoms with Crippen LogP contribution in [0, 0.1) is 0 Å². The van der Waals surface area contributed by atoms with Crippen LogP contribution in [0.3, 0.4) is 0 Å². The maximum atomic E-state index is 12.4. The maximum Gasteiger partial charge on any atom is 0.220 e. The summed E-state index contributed by atoms with van der Waals surface area (Å²) in [6.45, 7) is 0.970. The van der Waals surface area contributed by atoms with E-state index in [1.54, 1.807) is 27.4 Å². The normalized spacial score (nSPS) is 27.7. The summed E-state index contributed by atoms with van der Waals surface area (Å²) in [6.07, 6.45) is 5.59. The van der Waals surface area contributed by atoms with Crippen LogP contribution in [0.5, 0.6) is 11.5 Å². The van der Waals surface area contributed by atoms with E-state index in [0.717, 1.165) is 30.9 Å². The van der Waals surface area contributed by atoms with Gasteiger partial charge < -0.3 is 14.2 Å². The monoisotopic (exact) mass is 341 g/mol. The molecular formula is C20H23NO4. The van der Waals surface area contributed by atoms with Crippen molar-refractivity contribution < 1.29 is 19.0 Å². The number of benzene rings is 1. The van der Waals surface area contributed by atoms with Gasteiger partial charge in [-0.1, -0.05) is 0 Å². The van der Waals surface area contributed by atoms with E-state index < -0.39 is 0 Å². The van der Waals surface area contributed by atoms with Crippen molar-refractivity contribution in [2.45, 2.75) is 24.3 Å². The third-order valence-corrected chi connectivity index (χ3v) is 5.90. The number of nitrogens with zero attached hydrogens (tertiary/aromatic N) is 1. The molecule has 3 aliphatic rings. The SMILES string of the molecule is COC1=C[C@]23CCN(C)[C@@H](Cc4cc(OC)c(OC)cc42)C3=CC1=O. The van der Waals surface area contributed by atoms with Gasteiger partial charge in [0.15, 0.2) is 17.3 Å². The quantitative estimate of drug-likeness (QED) is 0.844. The first-order chi connectivity index (χ1) is 12.0. The van der Waals surface area contributed by atoms with Crippen LogP contribution in [0.1, 0.15) is 17.5 Å². The van der Waals surface area contributed by atoms with Gasteiger partial charge in [-0.05, 0) is 67.4 Å². The molecule has 25 heavy (non-hydrogen) atoms. The number of likely N-dealkylation sites (N-methyl/N-ethyl adjacent to an activating group) is 1. The van der Waals surface area contributed by atoms with Crippen LogP contribution in [0.15, 0.2) is 35.6 Å². The molecule has 0 radical (unpaired) electrons. The Bertz CT molecular complexity index is 810. The van der Waals surface area contributed by atoms with E-state index in [-0.39, 0.29) is 17.2 Å². The third-order valence-electron chi connectivity index (χ3n) is 5.90. The van der Waals surface area contributed by atoms with Crippen molar-refractivity contribution in [2.75, 3.05) is 34.9 Å². The van der Waals surface area contributed by atoms with Gasteiger partial charge in [0.25, 0.3) is 0 Å². The highest BCUT2D eigenvalue weighted by molar-refractivity contribution is 6.05. The first-order valence-electron chi connectivity index (χ1n) is 8.53. The molecule has 0 spiro atoms. The van der Waals surface area contributed by atoms with E-state index in [1.165, 1.54) is 16.7 Å². The molecule has 1 saturated heterocycles. The summed E-state index contributed by atoms with van der Waals surface area (Å²) in [5.41, 5.74) is 3.31. The highest BCUT2D eigenvalue weighted by Crippen LogP contribution is 2.53. The summed E-state index contributed by atoms with van der Waals surface area (Å²) in [7, 11) is 7.00. The van der Waals surface area contributed by atoms with E-state index in [1.807, 2.05) is 6.08 Å².